The molecule has 160 valence electrons. The van der Waals surface area contributed by atoms with Crippen LogP contribution in [-0.2, 0) is 32.3 Å². The molecule has 0 bridgehead atoms. The van der Waals surface area contributed by atoms with Crippen molar-refractivity contribution in [1.82, 2.24) is 25.3 Å². The van der Waals surface area contributed by atoms with Gasteiger partial charge >= 0.3 is 0 Å². The Morgan fingerprint density at radius 3 is 2.65 bits per heavy atom. The number of hydrogen-bond donors (Lipinski definition) is 2. The molecule has 4 rings (SSSR count). The average molecular weight is 425 g/mol. The van der Waals surface area contributed by atoms with Gasteiger partial charge in [0.15, 0.2) is 0 Å². The first kappa shape index (κ1) is 20.4. The van der Waals surface area contributed by atoms with Gasteiger partial charge in [-0.25, -0.2) is 0 Å². The summed E-state index contributed by atoms with van der Waals surface area (Å²) in [5, 5.41) is 15.2. The lowest BCUT2D eigenvalue weighted by molar-refractivity contribution is -0.150. The zero-order valence-electron chi connectivity index (χ0n) is 16.6. The molecule has 2 aliphatic rings. The fourth-order valence-corrected chi connectivity index (χ4v) is 3.45. The molecule has 11 heteroatoms. The van der Waals surface area contributed by atoms with E-state index in [0.29, 0.717) is 11.4 Å². The monoisotopic (exact) mass is 425 g/mol. The van der Waals surface area contributed by atoms with Crippen molar-refractivity contribution in [2.24, 2.45) is 0 Å². The number of benzene rings is 1. The smallest absolute Gasteiger partial charge is 0.277 e. The Morgan fingerprint density at radius 1 is 1.23 bits per heavy atom. The van der Waals surface area contributed by atoms with Gasteiger partial charge in [0, 0.05) is 25.1 Å². The van der Waals surface area contributed by atoms with Gasteiger partial charge in [-0.2, -0.15) is 4.98 Å². The molecule has 11 nitrogen and oxygen atoms in total. The third kappa shape index (κ3) is 3.94. The van der Waals surface area contributed by atoms with Crippen molar-refractivity contribution < 1.29 is 28.8 Å². The summed E-state index contributed by atoms with van der Waals surface area (Å²) in [5.74, 6) is -1.75. The number of carbonyl (C=O) groups excluding carboxylic acids is 4. The van der Waals surface area contributed by atoms with E-state index in [-0.39, 0.29) is 37.6 Å². The molecule has 1 fully saturated rings. The third-order valence-corrected chi connectivity index (χ3v) is 5.10. The molecule has 0 spiro atoms. The number of imide groups is 2. The van der Waals surface area contributed by atoms with E-state index >= 15 is 0 Å². The average Bonchev–Trinajstić information content (AvgIpc) is 3.33. The second-order valence-electron chi connectivity index (χ2n) is 7.23. The van der Waals surface area contributed by atoms with Crippen LogP contribution in [0.1, 0.15) is 24.3 Å². The van der Waals surface area contributed by atoms with Gasteiger partial charge in [0.05, 0.1) is 13.2 Å². The van der Waals surface area contributed by atoms with Crippen molar-refractivity contribution >= 4 is 23.6 Å². The molecular weight excluding hydrogens is 406 g/mol. The van der Waals surface area contributed by atoms with Gasteiger partial charge in [-0.05, 0) is 12.0 Å². The SMILES string of the molecule is CN(Cc1nc(-c2ccc(CO)cc2)no1)C1=CC(=O)N(C2CCC(=O)NC2=O)C1=O. The first-order valence-electron chi connectivity index (χ1n) is 9.54. The Kier molecular flexibility index (Phi) is 5.34. The largest absolute Gasteiger partial charge is 0.392 e. The maximum absolute atomic E-state index is 12.8. The number of hydrogen-bond acceptors (Lipinski definition) is 9. The number of carbonyl (C=O) groups is 4. The molecule has 1 saturated heterocycles. The molecule has 0 aliphatic carbocycles. The molecule has 1 aromatic heterocycles. The quantitative estimate of drug-likeness (QED) is 0.597. The van der Waals surface area contributed by atoms with Crippen molar-refractivity contribution in [3.8, 4) is 11.4 Å². The lowest BCUT2D eigenvalue weighted by atomic mass is 10.0. The van der Waals surface area contributed by atoms with E-state index in [9.17, 15) is 19.2 Å². The van der Waals surface area contributed by atoms with Crippen LogP contribution in [0.2, 0.25) is 0 Å². The number of aliphatic hydroxyl groups is 1. The van der Waals surface area contributed by atoms with Crippen molar-refractivity contribution in [2.45, 2.75) is 32.0 Å². The second kappa shape index (κ2) is 8.11. The molecule has 1 aromatic carbocycles. The number of piperidine rings is 1. The van der Waals surface area contributed by atoms with E-state index in [0.717, 1.165) is 16.5 Å². The molecule has 3 heterocycles. The summed E-state index contributed by atoms with van der Waals surface area (Å²) in [6, 6.07) is 5.98. The van der Waals surface area contributed by atoms with Crippen LogP contribution in [0, 0.1) is 0 Å². The van der Waals surface area contributed by atoms with Crippen LogP contribution in [0.15, 0.2) is 40.6 Å². The minimum Gasteiger partial charge on any atom is -0.392 e. The molecule has 0 radical (unpaired) electrons. The molecule has 1 unspecified atom stereocenters. The summed E-state index contributed by atoms with van der Waals surface area (Å²) in [4.78, 5) is 55.2. The van der Waals surface area contributed by atoms with E-state index < -0.39 is 29.7 Å². The van der Waals surface area contributed by atoms with E-state index in [1.807, 2.05) is 0 Å². The van der Waals surface area contributed by atoms with Gasteiger partial charge < -0.3 is 14.5 Å². The van der Waals surface area contributed by atoms with Crippen LogP contribution in [-0.4, -0.2) is 61.8 Å². The van der Waals surface area contributed by atoms with Crippen molar-refractivity contribution in [3.05, 3.63) is 47.5 Å². The van der Waals surface area contributed by atoms with E-state index in [1.165, 1.54) is 4.90 Å². The molecule has 2 aromatic rings. The molecule has 1 atom stereocenters. The van der Waals surface area contributed by atoms with Crippen LogP contribution < -0.4 is 5.32 Å². The fraction of sp³-hybridized carbons (Fsp3) is 0.300. The fourth-order valence-electron chi connectivity index (χ4n) is 3.45. The second-order valence-corrected chi connectivity index (χ2v) is 7.23. The topological polar surface area (TPSA) is 146 Å². The first-order valence-corrected chi connectivity index (χ1v) is 9.54. The zero-order valence-corrected chi connectivity index (χ0v) is 16.6. The molecular formula is C20H19N5O6. The summed E-state index contributed by atoms with van der Waals surface area (Å²) >= 11 is 0. The van der Waals surface area contributed by atoms with E-state index in [4.69, 9.17) is 9.63 Å². The van der Waals surface area contributed by atoms with Crippen LogP contribution in [0.3, 0.4) is 0 Å². The van der Waals surface area contributed by atoms with Gasteiger partial charge in [-0.1, -0.05) is 29.4 Å². The highest BCUT2D eigenvalue weighted by atomic mass is 16.5. The minimum atomic E-state index is -1.02. The van der Waals surface area contributed by atoms with Gasteiger partial charge in [0.2, 0.25) is 23.5 Å². The predicted molar refractivity (Wildman–Crippen MR) is 103 cm³/mol. The van der Waals surface area contributed by atoms with Gasteiger partial charge in [0.25, 0.3) is 11.8 Å². The van der Waals surface area contributed by atoms with E-state index in [1.54, 1.807) is 31.3 Å². The van der Waals surface area contributed by atoms with Crippen molar-refractivity contribution in [1.29, 1.82) is 0 Å². The maximum atomic E-state index is 12.8. The number of rotatable bonds is 6. The first-order chi connectivity index (χ1) is 14.9. The maximum Gasteiger partial charge on any atom is 0.277 e. The molecule has 4 amide bonds. The minimum absolute atomic E-state index is 0.0582. The Bertz CT molecular complexity index is 1090. The van der Waals surface area contributed by atoms with Gasteiger partial charge in [-0.15, -0.1) is 0 Å². The lowest BCUT2D eigenvalue weighted by Gasteiger charge is -2.29. The Morgan fingerprint density at radius 2 is 1.97 bits per heavy atom. The van der Waals surface area contributed by atoms with Crippen LogP contribution in [0.5, 0.6) is 0 Å². The van der Waals surface area contributed by atoms with E-state index in [2.05, 4.69) is 15.5 Å². The van der Waals surface area contributed by atoms with Crippen molar-refractivity contribution in [2.75, 3.05) is 7.05 Å². The number of nitrogens with one attached hydrogen (secondary N) is 1. The van der Waals surface area contributed by atoms with Crippen LogP contribution in [0.4, 0.5) is 0 Å². The highest BCUT2D eigenvalue weighted by molar-refractivity contribution is 6.18. The number of amides is 4. The predicted octanol–water partition coefficient (Wildman–Crippen LogP) is -0.281. The number of aromatic nitrogens is 2. The summed E-state index contributed by atoms with van der Waals surface area (Å²) in [6.45, 7) is -0.00393. The Labute approximate surface area is 176 Å². The summed E-state index contributed by atoms with van der Waals surface area (Å²) in [5.41, 5.74) is 1.54. The highest BCUT2D eigenvalue weighted by Crippen LogP contribution is 2.24. The van der Waals surface area contributed by atoms with Gasteiger partial charge in [-0.3, -0.25) is 29.4 Å². The molecule has 31 heavy (non-hydrogen) atoms. The number of likely N-dealkylation sites (N-methyl/N-ethyl adjacent to an activating group) is 1. The summed E-state index contributed by atoms with van der Waals surface area (Å²) in [6.07, 6.45) is 1.30. The Balaban J connectivity index is 1.45. The summed E-state index contributed by atoms with van der Waals surface area (Å²) < 4.78 is 5.25. The van der Waals surface area contributed by atoms with Gasteiger partial charge in [0.1, 0.15) is 11.7 Å². The molecule has 2 N–H and O–H groups in total. The lowest BCUT2D eigenvalue weighted by Crippen LogP contribution is -2.54. The van der Waals surface area contributed by atoms with Crippen molar-refractivity contribution in [3.63, 3.8) is 0 Å². The third-order valence-electron chi connectivity index (χ3n) is 5.10. The molecule has 2 aliphatic heterocycles. The zero-order chi connectivity index (χ0) is 22.1. The number of nitrogens with zero attached hydrogens (tertiary/aromatic N) is 4. The standard InChI is InChI=1S/C20H19N5O6/c1-24(9-16-22-18(23-31-16)12-4-2-11(10-26)3-5-12)14-8-17(28)25(20(14)30)13-6-7-15(27)21-19(13)29/h2-5,8,13,26H,6-7,9-10H2,1H3,(H,21,27,29). The molecule has 0 saturated carbocycles. The summed E-state index contributed by atoms with van der Waals surface area (Å²) in [7, 11) is 1.59. The van der Waals surface area contributed by atoms with Crippen LogP contribution >= 0.6 is 0 Å². The normalized spacial score (nSPS) is 19.0. The van der Waals surface area contributed by atoms with Crippen LogP contribution in [0.25, 0.3) is 11.4 Å². The highest BCUT2D eigenvalue weighted by Gasteiger charge is 2.43. The number of aliphatic hydroxyl groups excluding tert-OH is 1. The Hall–Kier alpha value is -3.86.